The first-order valence-electron chi connectivity index (χ1n) is 4.58. The molecule has 1 aliphatic heterocycles. The van der Waals surface area contributed by atoms with Crippen molar-refractivity contribution < 1.29 is 4.79 Å². The molecule has 0 amide bonds. The molecule has 0 saturated carbocycles. The number of carbonyl (C=O) groups excluding carboxylic acids is 1. The number of nitrogens with zero attached hydrogens (tertiary/aromatic N) is 2. The van der Waals surface area contributed by atoms with Crippen LogP contribution in [0.15, 0.2) is 18.2 Å². The fourth-order valence-corrected chi connectivity index (χ4v) is 1.74. The first-order valence-corrected chi connectivity index (χ1v) is 4.58. The largest absolute Gasteiger partial charge is 0.754 e. The van der Waals surface area contributed by atoms with Crippen LogP contribution in [0.25, 0.3) is 0 Å². The average molecular weight is 207 g/mol. The van der Waals surface area contributed by atoms with Gasteiger partial charge in [0.25, 0.3) is 0 Å². The van der Waals surface area contributed by atoms with E-state index in [1.807, 2.05) is 0 Å². The summed E-state index contributed by atoms with van der Waals surface area (Å²) in [4.78, 5) is 11.1. The second-order valence-corrected chi connectivity index (χ2v) is 3.88. The third-order valence-corrected chi connectivity index (χ3v) is 2.56. The van der Waals surface area contributed by atoms with E-state index in [-0.39, 0.29) is 12.5 Å². The number of benzene rings is 1. The first-order chi connectivity index (χ1) is 6.92. The Hall–Kier alpha value is -1.43. The van der Waals surface area contributed by atoms with Gasteiger partial charge in [-0.05, 0) is 19.1 Å². The van der Waals surface area contributed by atoms with Crippen LogP contribution in [0.4, 0.5) is 11.4 Å². The number of hydroxylamine groups is 3. The lowest BCUT2D eigenvalue weighted by atomic mass is 10.1. The van der Waals surface area contributed by atoms with E-state index < -0.39 is 4.65 Å². The van der Waals surface area contributed by atoms with Crippen LogP contribution in [0.5, 0.6) is 0 Å². The summed E-state index contributed by atoms with van der Waals surface area (Å²) in [6, 6.07) is 4.61. The van der Waals surface area contributed by atoms with Crippen LogP contribution in [0, 0.1) is 10.4 Å². The van der Waals surface area contributed by atoms with Gasteiger partial charge in [-0.25, -0.2) is 0 Å². The minimum Gasteiger partial charge on any atom is -0.754 e. The number of carbonyl (C=O) groups is 1. The topological polar surface area (TPSA) is 66.4 Å². The average Bonchev–Trinajstić information content (AvgIpc) is 2.37. The highest BCUT2D eigenvalue weighted by Crippen LogP contribution is 2.39. The van der Waals surface area contributed by atoms with Gasteiger partial charge in [0.1, 0.15) is 6.67 Å². The molecule has 0 bridgehead atoms. The van der Waals surface area contributed by atoms with Crippen LogP contribution in [0.1, 0.15) is 17.3 Å². The van der Waals surface area contributed by atoms with Gasteiger partial charge < -0.3 is 20.1 Å². The van der Waals surface area contributed by atoms with Gasteiger partial charge in [-0.3, -0.25) is 4.79 Å². The predicted octanol–water partition coefficient (Wildman–Crippen LogP) is 1.60. The number of quaternary nitrogens is 1. The van der Waals surface area contributed by atoms with E-state index in [2.05, 4.69) is 0 Å². The number of hydrogen-bond acceptors (Lipinski definition) is 4. The van der Waals surface area contributed by atoms with E-state index in [9.17, 15) is 15.2 Å². The second kappa shape index (κ2) is 3.03. The minimum absolute atomic E-state index is 0.113. The highest BCUT2D eigenvalue weighted by Gasteiger charge is 2.28. The van der Waals surface area contributed by atoms with Crippen molar-refractivity contribution in [2.24, 2.45) is 0 Å². The Morgan fingerprint density at radius 1 is 1.53 bits per heavy atom. The van der Waals surface area contributed by atoms with Crippen LogP contribution >= 0.6 is 0 Å². The maximum atomic E-state index is 11.8. The maximum Gasteiger partial charge on any atom is 0.159 e. The van der Waals surface area contributed by atoms with E-state index in [0.717, 1.165) is 0 Å². The normalized spacial score (nSPS) is 24.1. The highest BCUT2D eigenvalue weighted by molar-refractivity contribution is 5.96. The van der Waals surface area contributed by atoms with Crippen molar-refractivity contribution in [3.05, 3.63) is 34.2 Å². The summed E-state index contributed by atoms with van der Waals surface area (Å²) < 4.78 is -0.711. The number of Topliss-reactive ketones (excluding diaryl/α,β-unsaturated/α-hetero) is 1. The molecule has 0 saturated heterocycles. The third kappa shape index (κ3) is 1.50. The molecule has 15 heavy (non-hydrogen) atoms. The number of anilines is 1. The molecule has 0 aliphatic carbocycles. The van der Waals surface area contributed by atoms with Crippen LogP contribution in [0.3, 0.4) is 0 Å². The molecular weight excluding hydrogens is 196 g/mol. The number of hydrogen-bond donors (Lipinski definition) is 0. The predicted molar refractivity (Wildman–Crippen MR) is 58.2 cm³/mol. The van der Waals surface area contributed by atoms with E-state index >= 15 is 0 Å². The van der Waals surface area contributed by atoms with Crippen molar-refractivity contribution in [1.82, 2.24) is 4.65 Å². The Bertz CT molecular complexity index is 429. The fraction of sp³-hybridized carbons (Fsp3) is 0.300. The van der Waals surface area contributed by atoms with E-state index in [1.165, 1.54) is 20.0 Å². The molecule has 0 aromatic heterocycles. The van der Waals surface area contributed by atoms with Crippen LogP contribution < -0.4 is 9.71 Å². The summed E-state index contributed by atoms with van der Waals surface area (Å²) >= 11 is 0. The number of fused-ring (bicyclic) bond motifs is 1. The SMILES string of the molecule is CC(=O)c1ccc2c(c1)N([O-])C[N+]2(C)[O-]. The molecule has 0 N–H and O–H groups in total. The molecule has 80 valence electrons. The van der Waals surface area contributed by atoms with Crippen LogP contribution in [-0.4, -0.2) is 19.5 Å². The Kier molecular flexibility index (Phi) is 2.04. The van der Waals surface area contributed by atoms with Crippen LogP contribution in [-0.2, 0) is 0 Å². The van der Waals surface area contributed by atoms with Gasteiger partial charge in [-0.1, -0.05) is 0 Å². The zero-order valence-corrected chi connectivity index (χ0v) is 8.56. The molecule has 2 rings (SSSR count). The summed E-state index contributed by atoms with van der Waals surface area (Å²) in [5.74, 6) is -0.113. The fourth-order valence-electron chi connectivity index (χ4n) is 1.74. The minimum atomic E-state index is -0.711. The molecule has 5 nitrogen and oxygen atoms in total. The highest BCUT2D eigenvalue weighted by atomic mass is 16.6. The van der Waals surface area contributed by atoms with Crippen LogP contribution in [0.2, 0.25) is 0 Å². The molecule has 0 fully saturated rings. The standard InChI is InChI=1S/C10H11N2O3/c1-7(13)8-3-4-10-9(5-8)11(14)6-12(10,2)15/h3-5H,6H2,1-2H3/q-1. The Balaban J connectivity index is 2.55. The van der Waals surface area contributed by atoms with Gasteiger partial charge in [0.15, 0.2) is 11.5 Å². The smallest absolute Gasteiger partial charge is 0.159 e. The lowest BCUT2D eigenvalue weighted by molar-refractivity contribution is 0.101. The Labute approximate surface area is 87.3 Å². The molecule has 1 heterocycles. The summed E-state index contributed by atoms with van der Waals surface area (Å²) in [6.07, 6.45) is 0. The van der Waals surface area contributed by atoms with E-state index in [0.29, 0.717) is 22.0 Å². The van der Waals surface area contributed by atoms with Gasteiger partial charge in [0.2, 0.25) is 0 Å². The lowest BCUT2D eigenvalue weighted by Crippen LogP contribution is -2.39. The monoisotopic (exact) mass is 207 g/mol. The van der Waals surface area contributed by atoms with E-state index in [1.54, 1.807) is 12.1 Å². The second-order valence-electron chi connectivity index (χ2n) is 3.88. The van der Waals surface area contributed by atoms with Crippen molar-refractivity contribution in [2.45, 2.75) is 6.92 Å². The maximum absolute atomic E-state index is 11.8. The molecule has 1 unspecified atom stereocenters. The van der Waals surface area contributed by atoms with Crippen molar-refractivity contribution in [3.8, 4) is 0 Å². The molecule has 1 aromatic rings. The molecule has 1 aromatic carbocycles. The summed E-state index contributed by atoms with van der Waals surface area (Å²) in [7, 11) is 1.42. The van der Waals surface area contributed by atoms with Gasteiger partial charge >= 0.3 is 0 Å². The summed E-state index contributed by atoms with van der Waals surface area (Å²) in [6.45, 7) is 1.27. The quantitative estimate of drug-likeness (QED) is 0.398. The number of ketones is 1. The Morgan fingerprint density at radius 2 is 2.20 bits per heavy atom. The molecule has 1 atom stereocenters. The molecule has 5 heteroatoms. The molecule has 0 radical (unpaired) electrons. The zero-order valence-electron chi connectivity index (χ0n) is 8.56. The first kappa shape index (κ1) is 10.1. The van der Waals surface area contributed by atoms with Crippen molar-refractivity contribution in [2.75, 3.05) is 18.8 Å². The summed E-state index contributed by atoms with van der Waals surface area (Å²) in [5, 5.41) is 23.9. The molecular formula is C10H11N2O3-. The zero-order chi connectivity index (χ0) is 11.2. The van der Waals surface area contributed by atoms with Gasteiger partial charge in [0, 0.05) is 11.6 Å². The van der Waals surface area contributed by atoms with Crippen molar-refractivity contribution in [3.63, 3.8) is 0 Å². The van der Waals surface area contributed by atoms with Gasteiger partial charge in [-0.15, -0.1) is 0 Å². The third-order valence-electron chi connectivity index (χ3n) is 2.56. The molecule has 0 spiro atoms. The Morgan fingerprint density at radius 3 is 2.80 bits per heavy atom. The molecule has 1 aliphatic rings. The number of rotatable bonds is 1. The van der Waals surface area contributed by atoms with Crippen molar-refractivity contribution >= 4 is 17.2 Å². The summed E-state index contributed by atoms with van der Waals surface area (Å²) in [5.41, 5.74) is 1.17. The van der Waals surface area contributed by atoms with Gasteiger partial charge in [0.05, 0.1) is 12.7 Å². The van der Waals surface area contributed by atoms with Crippen molar-refractivity contribution in [1.29, 1.82) is 0 Å². The lowest BCUT2D eigenvalue weighted by Gasteiger charge is -2.35. The van der Waals surface area contributed by atoms with E-state index in [4.69, 9.17) is 0 Å². The van der Waals surface area contributed by atoms with Gasteiger partial charge in [-0.2, -0.15) is 0 Å².